The summed E-state index contributed by atoms with van der Waals surface area (Å²) in [5.74, 6) is 0.965. The Morgan fingerprint density at radius 1 is 1.09 bits per heavy atom. The summed E-state index contributed by atoms with van der Waals surface area (Å²) in [6, 6.07) is 14.3. The van der Waals surface area contributed by atoms with E-state index in [1.54, 1.807) is 46.1 Å². The number of amides is 1. The van der Waals surface area contributed by atoms with E-state index in [-0.39, 0.29) is 11.3 Å². The van der Waals surface area contributed by atoms with Crippen molar-refractivity contribution >= 4 is 17.1 Å². The van der Waals surface area contributed by atoms with Gasteiger partial charge in [-0.2, -0.15) is 0 Å². The molecule has 6 heteroatoms. The molecule has 170 valence electrons. The van der Waals surface area contributed by atoms with Crippen LogP contribution in [-0.2, 0) is 11.2 Å². The molecule has 0 aliphatic carbocycles. The molecule has 0 saturated carbocycles. The Hall–Kier alpha value is -3.28. The zero-order valence-electron chi connectivity index (χ0n) is 19.5. The Balaban J connectivity index is 2.16. The fourth-order valence-corrected chi connectivity index (χ4v) is 3.54. The van der Waals surface area contributed by atoms with Crippen molar-refractivity contribution in [2.75, 3.05) is 7.11 Å². The zero-order valence-corrected chi connectivity index (χ0v) is 19.5. The van der Waals surface area contributed by atoms with Gasteiger partial charge in [-0.1, -0.05) is 44.2 Å². The molecular weight excluding hydrogens is 406 g/mol. The first-order chi connectivity index (χ1) is 15.1. The number of hydrogen-bond acceptors (Lipinski definition) is 5. The van der Waals surface area contributed by atoms with Gasteiger partial charge >= 0.3 is 6.09 Å². The van der Waals surface area contributed by atoms with E-state index in [0.717, 1.165) is 5.56 Å². The summed E-state index contributed by atoms with van der Waals surface area (Å²) in [5, 5.41) is 3.38. The van der Waals surface area contributed by atoms with Crippen LogP contribution < -0.4 is 15.5 Å². The lowest BCUT2D eigenvalue weighted by Crippen LogP contribution is -2.37. The molecule has 0 fully saturated rings. The first kappa shape index (κ1) is 23.4. The summed E-state index contributed by atoms with van der Waals surface area (Å²) in [5.41, 5.74) is 1.15. The number of rotatable bonds is 6. The molecule has 0 spiro atoms. The summed E-state index contributed by atoms with van der Waals surface area (Å²) in [4.78, 5) is 26.1. The van der Waals surface area contributed by atoms with Gasteiger partial charge in [-0.05, 0) is 44.4 Å². The normalized spacial score (nSPS) is 12.6. The third-order valence-electron chi connectivity index (χ3n) is 5.07. The Morgan fingerprint density at radius 2 is 1.78 bits per heavy atom. The van der Waals surface area contributed by atoms with Crippen LogP contribution in [0.15, 0.2) is 57.7 Å². The van der Waals surface area contributed by atoms with Crippen molar-refractivity contribution in [1.82, 2.24) is 5.32 Å². The van der Waals surface area contributed by atoms with Gasteiger partial charge in [0.05, 0.1) is 18.5 Å². The Morgan fingerprint density at radius 3 is 2.38 bits per heavy atom. The summed E-state index contributed by atoms with van der Waals surface area (Å²) < 4.78 is 17.1. The number of ether oxygens (including phenoxy) is 2. The van der Waals surface area contributed by atoms with Crippen molar-refractivity contribution in [1.29, 1.82) is 0 Å². The van der Waals surface area contributed by atoms with Gasteiger partial charge in [-0.25, -0.2) is 4.79 Å². The smallest absolute Gasteiger partial charge is 0.408 e. The molecule has 0 radical (unpaired) electrons. The largest absolute Gasteiger partial charge is 0.497 e. The number of carbonyl (C=O) groups is 1. The van der Waals surface area contributed by atoms with Crippen molar-refractivity contribution in [2.45, 2.75) is 52.7 Å². The Labute approximate surface area is 188 Å². The quantitative estimate of drug-likeness (QED) is 0.542. The molecule has 1 heterocycles. The summed E-state index contributed by atoms with van der Waals surface area (Å²) in [6.45, 7) is 9.34. The van der Waals surface area contributed by atoms with Crippen LogP contribution in [0.4, 0.5) is 4.79 Å². The van der Waals surface area contributed by atoms with Crippen LogP contribution >= 0.6 is 0 Å². The van der Waals surface area contributed by atoms with Crippen LogP contribution in [0.5, 0.6) is 5.75 Å². The third-order valence-corrected chi connectivity index (χ3v) is 5.07. The maximum atomic E-state index is 13.6. The van der Waals surface area contributed by atoms with Gasteiger partial charge < -0.3 is 19.2 Å². The molecule has 1 aromatic heterocycles. The second-order valence-electron chi connectivity index (χ2n) is 9.17. The SMILES string of the molecule is COc1ccc2c(=O)c(Cc3ccccc3)c(C(NC(=O)OC(C)(C)C)C(C)C)oc2c1. The molecule has 0 aliphatic heterocycles. The summed E-state index contributed by atoms with van der Waals surface area (Å²) in [7, 11) is 1.56. The molecule has 1 N–H and O–H groups in total. The van der Waals surface area contributed by atoms with Crippen LogP contribution in [0.1, 0.15) is 57.5 Å². The topological polar surface area (TPSA) is 77.8 Å². The molecule has 0 saturated heterocycles. The number of nitrogens with one attached hydrogen (secondary N) is 1. The molecule has 3 aromatic rings. The highest BCUT2D eigenvalue weighted by atomic mass is 16.6. The van der Waals surface area contributed by atoms with Gasteiger partial charge in [-0.15, -0.1) is 0 Å². The van der Waals surface area contributed by atoms with Crippen LogP contribution in [0.3, 0.4) is 0 Å². The number of methoxy groups -OCH3 is 1. The first-order valence-electron chi connectivity index (χ1n) is 10.8. The van der Waals surface area contributed by atoms with E-state index in [4.69, 9.17) is 13.9 Å². The van der Waals surface area contributed by atoms with Crippen molar-refractivity contribution in [3.63, 3.8) is 0 Å². The second-order valence-corrected chi connectivity index (χ2v) is 9.17. The molecule has 6 nitrogen and oxygen atoms in total. The lowest BCUT2D eigenvalue weighted by molar-refractivity contribution is 0.0481. The maximum Gasteiger partial charge on any atom is 0.408 e. The van der Waals surface area contributed by atoms with Crippen LogP contribution in [-0.4, -0.2) is 18.8 Å². The molecule has 3 rings (SSSR count). The van der Waals surface area contributed by atoms with E-state index < -0.39 is 17.7 Å². The zero-order chi connectivity index (χ0) is 23.5. The Kier molecular flexibility index (Phi) is 6.92. The van der Waals surface area contributed by atoms with Crippen molar-refractivity contribution in [3.05, 3.63) is 75.6 Å². The summed E-state index contributed by atoms with van der Waals surface area (Å²) >= 11 is 0. The molecule has 0 bridgehead atoms. The van der Waals surface area contributed by atoms with E-state index in [1.165, 1.54) is 0 Å². The predicted molar refractivity (Wildman–Crippen MR) is 125 cm³/mol. The number of alkyl carbamates (subject to hydrolysis) is 1. The van der Waals surface area contributed by atoms with Gasteiger partial charge in [0.25, 0.3) is 0 Å². The minimum atomic E-state index is -0.643. The monoisotopic (exact) mass is 437 g/mol. The Bertz CT molecular complexity index is 1140. The highest BCUT2D eigenvalue weighted by Crippen LogP contribution is 2.30. The van der Waals surface area contributed by atoms with Crippen LogP contribution in [0.25, 0.3) is 11.0 Å². The van der Waals surface area contributed by atoms with Gasteiger partial charge in [-0.3, -0.25) is 4.79 Å². The highest BCUT2D eigenvalue weighted by Gasteiger charge is 2.29. The number of hydrogen-bond donors (Lipinski definition) is 1. The fourth-order valence-electron chi connectivity index (χ4n) is 3.54. The third kappa shape index (κ3) is 5.49. The number of benzene rings is 2. The lowest BCUT2D eigenvalue weighted by Gasteiger charge is -2.26. The first-order valence-corrected chi connectivity index (χ1v) is 10.8. The molecular formula is C26H31NO5. The minimum absolute atomic E-state index is 0.0525. The second kappa shape index (κ2) is 9.47. The molecule has 32 heavy (non-hydrogen) atoms. The lowest BCUT2D eigenvalue weighted by atomic mass is 9.93. The highest BCUT2D eigenvalue weighted by molar-refractivity contribution is 5.79. The van der Waals surface area contributed by atoms with Crippen molar-refractivity contribution in [3.8, 4) is 5.75 Å². The van der Waals surface area contributed by atoms with E-state index in [9.17, 15) is 9.59 Å². The molecule has 1 unspecified atom stereocenters. The molecule has 1 amide bonds. The van der Waals surface area contributed by atoms with E-state index >= 15 is 0 Å². The maximum absolute atomic E-state index is 13.6. The standard InChI is InChI=1S/C26H31NO5/c1-16(2)22(27-25(29)32-26(3,4)5)24-20(14-17-10-8-7-9-11-17)23(28)19-13-12-18(30-6)15-21(19)31-24/h7-13,15-16,22H,14H2,1-6H3,(H,27,29). The van der Waals surface area contributed by atoms with Gasteiger partial charge in [0.15, 0.2) is 5.43 Å². The number of fused-ring (bicyclic) bond motifs is 1. The fraction of sp³-hybridized carbons (Fsp3) is 0.385. The average molecular weight is 438 g/mol. The molecule has 2 aromatic carbocycles. The minimum Gasteiger partial charge on any atom is -0.497 e. The van der Waals surface area contributed by atoms with Gasteiger partial charge in [0.1, 0.15) is 22.7 Å². The predicted octanol–water partition coefficient (Wildman–Crippen LogP) is 5.61. The van der Waals surface area contributed by atoms with Crippen LogP contribution in [0.2, 0.25) is 0 Å². The van der Waals surface area contributed by atoms with Crippen molar-refractivity contribution < 1.29 is 18.7 Å². The molecule has 1 atom stereocenters. The van der Waals surface area contributed by atoms with E-state index in [2.05, 4.69) is 5.32 Å². The summed E-state index contributed by atoms with van der Waals surface area (Å²) in [6.07, 6.45) is -0.171. The van der Waals surface area contributed by atoms with Gasteiger partial charge in [0.2, 0.25) is 0 Å². The van der Waals surface area contributed by atoms with Crippen LogP contribution in [0, 0.1) is 5.92 Å². The van der Waals surface area contributed by atoms with Crippen molar-refractivity contribution in [2.24, 2.45) is 5.92 Å². The average Bonchev–Trinajstić information content (AvgIpc) is 2.73. The van der Waals surface area contributed by atoms with E-state index in [0.29, 0.717) is 34.5 Å². The van der Waals surface area contributed by atoms with Gasteiger partial charge in [0, 0.05) is 18.1 Å². The molecule has 0 aliphatic rings. The van der Waals surface area contributed by atoms with E-state index in [1.807, 2.05) is 44.2 Å². The number of carbonyl (C=O) groups excluding carboxylic acids is 1.